The number of nitrogens with one attached hydrogen (secondary N) is 1. The van der Waals surface area contributed by atoms with E-state index < -0.39 is 0 Å². The molecule has 1 aliphatic carbocycles. The Morgan fingerprint density at radius 1 is 1.25 bits per heavy atom. The third-order valence-electron chi connectivity index (χ3n) is 3.39. The summed E-state index contributed by atoms with van der Waals surface area (Å²) >= 11 is 5.33. The Labute approximate surface area is 132 Å². The standard InChI is InChI=1S/C17H18BrNS/c1-12(11-19-15-6-7-15)10-16-8-9-17(20-16)13-2-4-14(18)5-3-13/h2-5,8-10,15,19H,6-7,11H2,1H3. The van der Waals surface area contributed by atoms with Gasteiger partial charge >= 0.3 is 0 Å². The normalized spacial score (nSPS) is 15.6. The highest BCUT2D eigenvalue weighted by molar-refractivity contribution is 9.10. The van der Waals surface area contributed by atoms with Crippen molar-refractivity contribution in [1.29, 1.82) is 0 Å². The Morgan fingerprint density at radius 2 is 2.00 bits per heavy atom. The summed E-state index contributed by atoms with van der Waals surface area (Å²) in [6.07, 6.45) is 4.99. The largest absolute Gasteiger partial charge is 0.310 e. The van der Waals surface area contributed by atoms with Gasteiger partial charge in [0, 0.05) is 26.8 Å². The van der Waals surface area contributed by atoms with Crippen molar-refractivity contribution in [2.75, 3.05) is 6.54 Å². The van der Waals surface area contributed by atoms with Gasteiger partial charge in [-0.05, 0) is 55.7 Å². The topological polar surface area (TPSA) is 12.0 Å². The Balaban J connectivity index is 1.69. The highest BCUT2D eigenvalue weighted by atomic mass is 79.9. The van der Waals surface area contributed by atoms with E-state index in [9.17, 15) is 0 Å². The first-order valence-electron chi connectivity index (χ1n) is 6.97. The second-order valence-corrected chi connectivity index (χ2v) is 7.39. The molecular weight excluding hydrogens is 330 g/mol. The summed E-state index contributed by atoms with van der Waals surface area (Å²) in [5.41, 5.74) is 2.69. The minimum Gasteiger partial charge on any atom is -0.310 e. The molecule has 1 aromatic heterocycles. The van der Waals surface area contributed by atoms with Gasteiger partial charge in [-0.2, -0.15) is 0 Å². The molecule has 1 N–H and O–H groups in total. The van der Waals surface area contributed by atoms with Gasteiger partial charge in [-0.25, -0.2) is 0 Å². The average Bonchev–Trinajstić information content (AvgIpc) is 3.16. The maximum Gasteiger partial charge on any atom is 0.0349 e. The summed E-state index contributed by atoms with van der Waals surface area (Å²) in [6.45, 7) is 3.21. The summed E-state index contributed by atoms with van der Waals surface area (Å²) < 4.78 is 1.12. The van der Waals surface area contributed by atoms with Crippen LogP contribution >= 0.6 is 27.3 Å². The second kappa shape index (κ2) is 6.25. The molecule has 1 aliphatic rings. The zero-order valence-electron chi connectivity index (χ0n) is 11.5. The van der Waals surface area contributed by atoms with Gasteiger partial charge in [-0.3, -0.25) is 0 Å². The monoisotopic (exact) mass is 347 g/mol. The number of thiophene rings is 1. The molecule has 0 aliphatic heterocycles. The van der Waals surface area contributed by atoms with E-state index in [0.717, 1.165) is 17.1 Å². The summed E-state index contributed by atoms with van der Waals surface area (Å²) in [4.78, 5) is 2.66. The summed E-state index contributed by atoms with van der Waals surface area (Å²) in [6, 6.07) is 13.7. The fraction of sp³-hybridized carbons (Fsp3) is 0.294. The van der Waals surface area contributed by atoms with Crippen molar-refractivity contribution < 1.29 is 0 Å². The number of hydrogen-bond donors (Lipinski definition) is 1. The Bertz CT molecular complexity index is 608. The summed E-state index contributed by atoms with van der Waals surface area (Å²) in [7, 11) is 0. The Hall–Kier alpha value is -0.900. The van der Waals surface area contributed by atoms with Crippen LogP contribution in [0.2, 0.25) is 0 Å². The summed E-state index contributed by atoms with van der Waals surface area (Å²) in [5, 5.41) is 3.55. The van der Waals surface area contributed by atoms with E-state index in [2.05, 4.69) is 70.6 Å². The number of benzene rings is 1. The van der Waals surface area contributed by atoms with Crippen LogP contribution in [0.5, 0.6) is 0 Å². The maximum atomic E-state index is 3.55. The first-order valence-corrected chi connectivity index (χ1v) is 8.58. The average molecular weight is 348 g/mol. The lowest BCUT2D eigenvalue weighted by Gasteiger charge is -2.01. The Kier molecular flexibility index (Phi) is 4.39. The van der Waals surface area contributed by atoms with Gasteiger partial charge in [0.25, 0.3) is 0 Å². The van der Waals surface area contributed by atoms with Gasteiger partial charge in [-0.15, -0.1) is 11.3 Å². The molecule has 0 amide bonds. The molecule has 3 rings (SSSR count). The van der Waals surface area contributed by atoms with Crippen molar-refractivity contribution in [2.45, 2.75) is 25.8 Å². The lowest BCUT2D eigenvalue weighted by atomic mass is 10.2. The predicted octanol–water partition coefficient (Wildman–Crippen LogP) is 5.33. The van der Waals surface area contributed by atoms with Crippen molar-refractivity contribution in [3.05, 3.63) is 51.3 Å². The molecule has 0 unspecified atom stereocenters. The molecule has 1 aromatic carbocycles. The Morgan fingerprint density at radius 3 is 2.70 bits per heavy atom. The highest BCUT2D eigenvalue weighted by Gasteiger charge is 2.19. The number of hydrogen-bond acceptors (Lipinski definition) is 2. The molecule has 104 valence electrons. The van der Waals surface area contributed by atoms with Gasteiger partial charge in [0.15, 0.2) is 0 Å². The molecule has 3 heteroatoms. The maximum absolute atomic E-state index is 3.55. The van der Waals surface area contributed by atoms with Crippen LogP contribution in [0.3, 0.4) is 0 Å². The zero-order valence-corrected chi connectivity index (χ0v) is 13.9. The third-order valence-corrected chi connectivity index (χ3v) is 5.00. The van der Waals surface area contributed by atoms with Crippen molar-refractivity contribution in [3.8, 4) is 10.4 Å². The first-order chi connectivity index (χ1) is 9.70. The molecule has 0 spiro atoms. The van der Waals surface area contributed by atoms with Crippen LogP contribution in [0.25, 0.3) is 16.5 Å². The molecule has 2 aromatic rings. The van der Waals surface area contributed by atoms with E-state index in [-0.39, 0.29) is 0 Å². The second-order valence-electron chi connectivity index (χ2n) is 5.35. The zero-order chi connectivity index (χ0) is 13.9. The first kappa shape index (κ1) is 14.1. The van der Waals surface area contributed by atoms with Crippen molar-refractivity contribution in [1.82, 2.24) is 5.32 Å². The fourth-order valence-electron chi connectivity index (χ4n) is 2.09. The van der Waals surface area contributed by atoms with E-state index in [1.54, 1.807) is 0 Å². The molecule has 1 fully saturated rings. The fourth-order valence-corrected chi connectivity index (χ4v) is 3.39. The smallest absolute Gasteiger partial charge is 0.0349 e. The van der Waals surface area contributed by atoms with Crippen LogP contribution < -0.4 is 5.32 Å². The molecule has 1 heterocycles. The van der Waals surface area contributed by atoms with E-state index in [4.69, 9.17) is 0 Å². The predicted molar refractivity (Wildman–Crippen MR) is 92.1 cm³/mol. The van der Waals surface area contributed by atoms with Gasteiger partial charge < -0.3 is 5.32 Å². The molecule has 1 nitrogen and oxygen atoms in total. The number of halogens is 1. The van der Waals surface area contributed by atoms with E-state index in [1.165, 1.54) is 33.7 Å². The van der Waals surface area contributed by atoms with Crippen LogP contribution in [-0.2, 0) is 0 Å². The van der Waals surface area contributed by atoms with Crippen LogP contribution in [-0.4, -0.2) is 12.6 Å². The van der Waals surface area contributed by atoms with Gasteiger partial charge in [0.1, 0.15) is 0 Å². The van der Waals surface area contributed by atoms with Crippen molar-refractivity contribution >= 4 is 33.3 Å². The van der Waals surface area contributed by atoms with Gasteiger partial charge in [0.05, 0.1) is 0 Å². The molecule has 0 saturated heterocycles. The lowest BCUT2D eigenvalue weighted by Crippen LogP contribution is -2.18. The van der Waals surface area contributed by atoms with Crippen LogP contribution in [0.4, 0.5) is 0 Å². The third kappa shape index (κ3) is 3.81. The molecule has 0 atom stereocenters. The van der Waals surface area contributed by atoms with Crippen molar-refractivity contribution in [2.24, 2.45) is 0 Å². The van der Waals surface area contributed by atoms with Crippen LogP contribution in [0.15, 0.2) is 46.4 Å². The van der Waals surface area contributed by atoms with E-state index in [0.29, 0.717) is 0 Å². The SMILES string of the molecule is CC(=Cc1ccc(-c2ccc(Br)cc2)s1)CNC1CC1. The van der Waals surface area contributed by atoms with Crippen molar-refractivity contribution in [3.63, 3.8) is 0 Å². The molecule has 0 radical (unpaired) electrons. The molecular formula is C17H18BrNS. The molecule has 1 saturated carbocycles. The van der Waals surface area contributed by atoms with E-state index in [1.807, 2.05) is 11.3 Å². The molecule has 20 heavy (non-hydrogen) atoms. The van der Waals surface area contributed by atoms with E-state index >= 15 is 0 Å². The van der Waals surface area contributed by atoms with Crippen LogP contribution in [0, 0.1) is 0 Å². The van der Waals surface area contributed by atoms with Gasteiger partial charge in [-0.1, -0.05) is 33.6 Å². The highest BCUT2D eigenvalue weighted by Crippen LogP contribution is 2.30. The summed E-state index contributed by atoms with van der Waals surface area (Å²) in [5.74, 6) is 0. The van der Waals surface area contributed by atoms with Crippen LogP contribution in [0.1, 0.15) is 24.6 Å². The quantitative estimate of drug-likeness (QED) is 0.770. The van der Waals surface area contributed by atoms with Gasteiger partial charge in [0.2, 0.25) is 0 Å². The minimum atomic E-state index is 0.778. The minimum absolute atomic E-state index is 0.778. The molecule has 0 bridgehead atoms. The lowest BCUT2D eigenvalue weighted by molar-refractivity contribution is 0.736. The number of rotatable bonds is 5.